The summed E-state index contributed by atoms with van der Waals surface area (Å²) in [5, 5.41) is 0. The summed E-state index contributed by atoms with van der Waals surface area (Å²) in [6.45, 7) is 0.165. The van der Waals surface area contributed by atoms with Crippen molar-refractivity contribution < 1.29 is 23.9 Å². The molecule has 0 heterocycles. The topological polar surface area (TPSA) is 69.7 Å². The first-order valence-corrected chi connectivity index (χ1v) is 6.92. The van der Waals surface area contributed by atoms with Crippen molar-refractivity contribution in [2.75, 3.05) is 7.11 Å². The summed E-state index contributed by atoms with van der Waals surface area (Å²) in [6.07, 6.45) is 0.697. The molecule has 112 valence electrons. The third-order valence-corrected chi connectivity index (χ3v) is 3.70. The van der Waals surface area contributed by atoms with Crippen molar-refractivity contribution in [3.05, 3.63) is 35.9 Å². The van der Waals surface area contributed by atoms with Crippen LogP contribution in [-0.2, 0) is 30.5 Å². The minimum atomic E-state index is -0.723. The highest BCUT2D eigenvalue weighted by molar-refractivity contribution is 5.90. The van der Waals surface area contributed by atoms with Gasteiger partial charge in [0.05, 0.1) is 18.9 Å². The highest BCUT2D eigenvalue weighted by Crippen LogP contribution is 2.30. The number of rotatable bonds is 4. The number of methoxy groups -OCH3 is 1. The summed E-state index contributed by atoms with van der Waals surface area (Å²) in [4.78, 5) is 35.4. The van der Waals surface area contributed by atoms with Crippen LogP contribution in [0.4, 0.5) is 0 Å². The van der Waals surface area contributed by atoms with Crippen LogP contribution in [0.15, 0.2) is 30.3 Å². The summed E-state index contributed by atoms with van der Waals surface area (Å²) < 4.78 is 9.95. The van der Waals surface area contributed by atoms with Crippen molar-refractivity contribution in [2.45, 2.75) is 25.9 Å². The highest BCUT2D eigenvalue weighted by Gasteiger charge is 2.40. The maximum atomic E-state index is 12.2. The number of ether oxygens (including phenoxy) is 2. The Morgan fingerprint density at radius 2 is 1.86 bits per heavy atom. The fraction of sp³-hybridized carbons (Fsp3) is 0.438. The molecule has 0 aliphatic heterocycles. The van der Waals surface area contributed by atoms with E-state index in [1.807, 2.05) is 30.3 Å². The van der Waals surface area contributed by atoms with Crippen LogP contribution in [-0.4, -0.2) is 24.8 Å². The second kappa shape index (κ2) is 7.02. The molecule has 0 aromatic heterocycles. The van der Waals surface area contributed by atoms with Crippen LogP contribution in [0.3, 0.4) is 0 Å². The average molecular weight is 290 g/mol. The van der Waals surface area contributed by atoms with E-state index in [1.54, 1.807) is 0 Å². The summed E-state index contributed by atoms with van der Waals surface area (Å²) in [5.41, 5.74) is 0.882. The Bertz CT molecular complexity index is 523. The van der Waals surface area contributed by atoms with Gasteiger partial charge in [0.1, 0.15) is 12.4 Å². The van der Waals surface area contributed by atoms with Crippen LogP contribution in [0.1, 0.15) is 24.8 Å². The lowest BCUT2D eigenvalue weighted by molar-refractivity contribution is -0.163. The largest absolute Gasteiger partial charge is 0.469 e. The molecule has 0 saturated heterocycles. The molecular formula is C16H18O5. The lowest BCUT2D eigenvalue weighted by Crippen LogP contribution is -2.37. The molecule has 0 spiro atoms. The smallest absolute Gasteiger partial charge is 0.310 e. The van der Waals surface area contributed by atoms with Gasteiger partial charge in [-0.2, -0.15) is 0 Å². The zero-order valence-corrected chi connectivity index (χ0v) is 11.9. The van der Waals surface area contributed by atoms with Crippen molar-refractivity contribution in [3.63, 3.8) is 0 Å². The van der Waals surface area contributed by atoms with Gasteiger partial charge in [0.25, 0.3) is 0 Å². The van der Waals surface area contributed by atoms with Crippen LogP contribution in [0, 0.1) is 11.8 Å². The number of esters is 2. The molecule has 0 radical (unpaired) electrons. The number of hydrogen-bond donors (Lipinski definition) is 0. The minimum absolute atomic E-state index is 0.0162. The van der Waals surface area contributed by atoms with E-state index in [-0.39, 0.29) is 18.8 Å². The normalized spacial score (nSPS) is 21.7. The molecule has 1 aliphatic rings. The van der Waals surface area contributed by atoms with Gasteiger partial charge in [0.2, 0.25) is 0 Å². The molecule has 2 rings (SSSR count). The van der Waals surface area contributed by atoms with Gasteiger partial charge >= 0.3 is 11.9 Å². The fourth-order valence-electron chi connectivity index (χ4n) is 2.52. The van der Waals surface area contributed by atoms with Gasteiger partial charge in [0, 0.05) is 12.8 Å². The molecular weight excluding hydrogens is 272 g/mol. The predicted molar refractivity (Wildman–Crippen MR) is 74.1 cm³/mol. The summed E-state index contributed by atoms with van der Waals surface area (Å²) in [6, 6.07) is 9.32. The standard InChI is InChI=1S/C16H18O5/c1-20-15(18)14-9-12(17)7-8-13(14)16(19)21-10-11-5-3-2-4-6-11/h2-6,13-14H,7-10H2,1H3/t13-,14-/m1/s1. The maximum absolute atomic E-state index is 12.2. The number of carbonyl (C=O) groups is 3. The van der Waals surface area contributed by atoms with Crippen LogP contribution in [0.2, 0.25) is 0 Å². The Balaban J connectivity index is 1.99. The summed E-state index contributed by atoms with van der Waals surface area (Å²) >= 11 is 0. The Morgan fingerprint density at radius 3 is 2.52 bits per heavy atom. The summed E-state index contributed by atoms with van der Waals surface area (Å²) in [7, 11) is 1.26. The van der Waals surface area contributed by atoms with E-state index in [1.165, 1.54) is 7.11 Å². The first kappa shape index (κ1) is 15.2. The van der Waals surface area contributed by atoms with E-state index in [9.17, 15) is 14.4 Å². The van der Waals surface area contributed by atoms with E-state index < -0.39 is 23.8 Å². The first-order valence-electron chi connectivity index (χ1n) is 6.92. The molecule has 5 heteroatoms. The van der Waals surface area contributed by atoms with Gasteiger partial charge in [-0.05, 0) is 12.0 Å². The number of carbonyl (C=O) groups excluding carboxylic acids is 3. The molecule has 5 nitrogen and oxygen atoms in total. The number of Topliss-reactive ketones (excluding diaryl/α,β-unsaturated/α-hetero) is 1. The lowest BCUT2D eigenvalue weighted by atomic mass is 9.78. The first-order chi connectivity index (χ1) is 10.1. The van der Waals surface area contributed by atoms with Crippen LogP contribution in [0.5, 0.6) is 0 Å². The zero-order valence-electron chi connectivity index (χ0n) is 11.9. The van der Waals surface area contributed by atoms with Crippen molar-refractivity contribution in [1.29, 1.82) is 0 Å². The highest BCUT2D eigenvalue weighted by atomic mass is 16.5. The molecule has 1 saturated carbocycles. The zero-order chi connectivity index (χ0) is 15.2. The van der Waals surface area contributed by atoms with Gasteiger partial charge in [-0.25, -0.2) is 0 Å². The average Bonchev–Trinajstić information content (AvgIpc) is 2.52. The Labute approximate surface area is 123 Å². The second-order valence-electron chi connectivity index (χ2n) is 5.11. The van der Waals surface area contributed by atoms with Crippen molar-refractivity contribution in [1.82, 2.24) is 0 Å². The third kappa shape index (κ3) is 3.90. The van der Waals surface area contributed by atoms with E-state index in [0.717, 1.165) is 5.56 Å². The number of benzene rings is 1. The second-order valence-corrected chi connectivity index (χ2v) is 5.11. The molecule has 21 heavy (non-hydrogen) atoms. The third-order valence-electron chi connectivity index (χ3n) is 3.70. The van der Waals surface area contributed by atoms with E-state index in [0.29, 0.717) is 12.8 Å². The molecule has 1 aliphatic carbocycles. The van der Waals surface area contributed by atoms with E-state index in [4.69, 9.17) is 4.74 Å². The number of ketones is 1. The van der Waals surface area contributed by atoms with Gasteiger partial charge in [0.15, 0.2) is 0 Å². The maximum Gasteiger partial charge on any atom is 0.310 e. The Kier molecular flexibility index (Phi) is 5.09. The monoisotopic (exact) mass is 290 g/mol. The molecule has 2 atom stereocenters. The minimum Gasteiger partial charge on any atom is -0.469 e. The van der Waals surface area contributed by atoms with Crippen LogP contribution < -0.4 is 0 Å². The van der Waals surface area contributed by atoms with Crippen molar-refractivity contribution in [3.8, 4) is 0 Å². The number of hydrogen-bond acceptors (Lipinski definition) is 5. The molecule has 1 fully saturated rings. The summed E-state index contributed by atoms with van der Waals surface area (Å²) in [5.74, 6) is -2.30. The molecule has 0 bridgehead atoms. The van der Waals surface area contributed by atoms with Gasteiger partial charge in [-0.1, -0.05) is 30.3 Å². The molecule has 1 aromatic rings. The Hall–Kier alpha value is -2.17. The SMILES string of the molecule is COC(=O)[C@@H]1CC(=O)CC[C@H]1C(=O)OCc1ccccc1. The molecule has 1 aromatic carbocycles. The van der Waals surface area contributed by atoms with E-state index >= 15 is 0 Å². The Morgan fingerprint density at radius 1 is 1.14 bits per heavy atom. The van der Waals surface area contributed by atoms with Crippen LogP contribution in [0.25, 0.3) is 0 Å². The predicted octanol–water partition coefficient (Wildman–Crippen LogP) is 1.89. The van der Waals surface area contributed by atoms with Gasteiger partial charge in [-0.3, -0.25) is 14.4 Å². The lowest BCUT2D eigenvalue weighted by Gasteiger charge is -2.27. The van der Waals surface area contributed by atoms with Crippen molar-refractivity contribution >= 4 is 17.7 Å². The van der Waals surface area contributed by atoms with Crippen molar-refractivity contribution in [2.24, 2.45) is 11.8 Å². The molecule has 0 N–H and O–H groups in total. The quantitative estimate of drug-likeness (QED) is 0.792. The fourth-order valence-corrected chi connectivity index (χ4v) is 2.52. The van der Waals surface area contributed by atoms with Gasteiger partial charge in [-0.15, -0.1) is 0 Å². The molecule has 0 amide bonds. The van der Waals surface area contributed by atoms with Crippen LogP contribution >= 0.6 is 0 Å². The molecule has 0 unspecified atom stereocenters. The van der Waals surface area contributed by atoms with Gasteiger partial charge < -0.3 is 9.47 Å². The van der Waals surface area contributed by atoms with E-state index in [2.05, 4.69) is 4.74 Å².